The highest BCUT2D eigenvalue weighted by Crippen LogP contribution is 2.12. The van der Waals surface area contributed by atoms with Crippen molar-refractivity contribution in [2.45, 2.75) is 39.7 Å². The first-order valence-corrected chi connectivity index (χ1v) is 7.04. The Morgan fingerprint density at radius 1 is 1.16 bits per heavy atom. The maximum Gasteiger partial charge on any atom is 0.0783 e. The van der Waals surface area contributed by atoms with Gasteiger partial charge >= 0.3 is 0 Å². The summed E-state index contributed by atoms with van der Waals surface area (Å²) in [6, 6.07) is 8.61. The van der Waals surface area contributed by atoms with Gasteiger partial charge in [0.05, 0.1) is 17.6 Å². The Morgan fingerprint density at radius 2 is 1.95 bits per heavy atom. The number of hydrogen-bond donors (Lipinski definition) is 1. The summed E-state index contributed by atoms with van der Waals surface area (Å²) < 4.78 is 1.90. The molecule has 1 aromatic carbocycles. The molecule has 4 heteroatoms. The number of hydrogen-bond acceptors (Lipinski definition) is 3. The van der Waals surface area contributed by atoms with Crippen molar-refractivity contribution in [3.63, 3.8) is 0 Å². The quantitative estimate of drug-likeness (QED) is 0.830. The van der Waals surface area contributed by atoms with Gasteiger partial charge in [-0.05, 0) is 37.1 Å². The van der Waals surface area contributed by atoms with Crippen LogP contribution >= 0.6 is 0 Å². The summed E-state index contributed by atoms with van der Waals surface area (Å²) in [5.41, 5.74) is 3.55. The van der Waals surface area contributed by atoms with Gasteiger partial charge in [0, 0.05) is 6.54 Å². The minimum absolute atomic E-state index is 0.793. The number of benzene rings is 1. The standard InChI is InChI=1S/C15H22N4/c1-3-5-6-13-7-9-14(10-8-13)19-15(11-16-4-2)12-17-18-19/h7-10,12,16H,3-6,11H2,1-2H3. The lowest BCUT2D eigenvalue weighted by Gasteiger charge is -2.07. The predicted octanol–water partition coefficient (Wildman–Crippen LogP) is 2.72. The third-order valence-corrected chi connectivity index (χ3v) is 3.18. The van der Waals surface area contributed by atoms with Crippen molar-refractivity contribution in [2.75, 3.05) is 6.54 Å². The first-order valence-electron chi connectivity index (χ1n) is 7.04. The van der Waals surface area contributed by atoms with Crippen molar-refractivity contribution in [3.8, 4) is 5.69 Å². The van der Waals surface area contributed by atoms with E-state index in [1.807, 2.05) is 10.9 Å². The highest BCUT2D eigenvalue weighted by molar-refractivity contribution is 5.35. The molecule has 0 unspecified atom stereocenters. The SMILES string of the molecule is CCCCc1ccc(-n2nncc2CNCC)cc1. The molecule has 19 heavy (non-hydrogen) atoms. The molecular formula is C15H22N4. The van der Waals surface area contributed by atoms with Gasteiger partial charge in [0.25, 0.3) is 0 Å². The molecule has 102 valence electrons. The van der Waals surface area contributed by atoms with Crippen molar-refractivity contribution in [1.29, 1.82) is 0 Å². The normalized spacial score (nSPS) is 10.8. The fourth-order valence-corrected chi connectivity index (χ4v) is 2.03. The smallest absolute Gasteiger partial charge is 0.0783 e. The number of unbranched alkanes of at least 4 members (excludes halogenated alkanes) is 1. The lowest BCUT2D eigenvalue weighted by atomic mass is 10.1. The van der Waals surface area contributed by atoms with Gasteiger partial charge in [-0.15, -0.1) is 5.10 Å². The van der Waals surface area contributed by atoms with Crippen molar-refractivity contribution in [2.24, 2.45) is 0 Å². The molecule has 1 N–H and O–H groups in total. The number of rotatable bonds is 7. The molecule has 1 heterocycles. The van der Waals surface area contributed by atoms with Crippen molar-refractivity contribution in [1.82, 2.24) is 20.3 Å². The van der Waals surface area contributed by atoms with Gasteiger partial charge in [0.2, 0.25) is 0 Å². The zero-order chi connectivity index (χ0) is 13.5. The van der Waals surface area contributed by atoms with Gasteiger partial charge in [-0.25, -0.2) is 4.68 Å². The van der Waals surface area contributed by atoms with Crippen LogP contribution in [0.4, 0.5) is 0 Å². The minimum atomic E-state index is 0.793. The first kappa shape index (κ1) is 13.7. The Labute approximate surface area is 114 Å². The fraction of sp³-hybridized carbons (Fsp3) is 0.467. The van der Waals surface area contributed by atoms with Crippen molar-refractivity contribution >= 4 is 0 Å². The molecule has 2 rings (SSSR count). The van der Waals surface area contributed by atoms with Crippen LogP contribution in [0.3, 0.4) is 0 Å². The number of aromatic nitrogens is 3. The molecule has 0 radical (unpaired) electrons. The average molecular weight is 258 g/mol. The molecule has 0 atom stereocenters. The molecule has 0 aliphatic rings. The van der Waals surface area contributed by atoms with E-state index in [0.29, 0.717) is 0 Å². The molecule has 1 aromatic heterocycles. The lowest BCUT2D eigenvalue weighted by Crippen LogP contribution is -2.15. The van der Waals surface area contributed by atoms with Crippen LogP contribution in [0.5, 0.6) is 0 Å². The van der Waals surface area contributed by atoms with Crippen LogP contribution in [0.25, 0.3) is 5.69 Å². The molecule has 0 aliphatic carbocycles. The van der Waals surface area contributed by atoms with Gasteiger partial charge in [-0.1, -0.05) is 37.6 Å². The molecule has 2 aromatic rings. The molecule has 0 amide bonds. The van der Waals surface area contributed by atoms with E-state index >= 15 is 0 Å². The molecule has 0 spiro atoms. The van der Waals surface area contributed by atoms with Gasteiger partial charge < -0.3 is 5.32 Å². The lowest BCUT2D eigenvalue weighted by molar-refractivity contribution is 0.672. The van der Waals surface area contributed by atoms with E-state index in [-0.39, 0.29) is 0 Å². The zero-order valence-electron chi connectivity index (χ0n) is 11.8. The van der Waals surface area contributed by atoms with Gasteiger partial charge in [-0.3, -0.25) is 0 Å². The molecule has 0 aliphatic heterocycles. The van der Waals surface area contributed by atoms with Crippen LogP contribution in [0.15, 0.2) is 30.5 Å². The monoisotopic (exact) mass is 258 g/mol. The van der Waals surface area contributed by atoms with E-state index < -0.39 is 0 Å². The third-order valence-electron chi connectivity index (χ3n) is 3.18. The van der Waals surface area contributed by atoms with Crippen molar-refractivity contribution in [3.05, 3.63) is 41.7 Å². The minimum Gasteiger partial charge on any atom is -0.311 e. The van der Waals surface area contributed by atoms with Crippen LogP contribution in [-0.2, 0) is 13.0 Å². The van der Waals surface area contributed by atoms with E-state index in [0.717, 1.165) is 30.9 Å². The number of nitrogens with zero attached hydrogens (tertiary/aromatic N) is 3. The van der Waals surface area contributed by atoms with E-state index in [1.165, 1.54) is 18.4 Å². The Balaban J connectivity index is 2.11. The number of nitrogens with one attached hydrogen (secondary N) is 1. The second-order valence-electron chi connectivity index (χ2n) is 4.69. The molecule has 0 saturated heterocycles. The van der Waals surface area contributed by atoms with Gasteiger partial charge in [-0.2, -0.15) is 0 Å². The van der Waals surface area contributed by atoms with Crippen molar-refractivity contribution < 1.29 is 0 Å². The molecule has 4 nitrogen and oxygen atoms in total. The van der Waals surface area contributed by atoms with E-state index in [2.05, 4.69) is 53.7 Å². The molecular weight excluding hydrogens is 236 g/mol. The summed E-state index contributed by atoms with van der Waals surface area (Å²) in [6.07, 6.45) is 5.44. The Morgan fingerprint density at radius 3 is 2.63 bits per heavy atom. The van der Waals surface area contributed by atoms with Gasteiger partial charge in [0.1, 0.15) is 0 Å². The summed E-state index contributed by atoms with van der Waals surface area (Å²) in [5, 5.41) is 11.5. The van der Waals surface area contributed by atoms with Crippen LogP contribution in [-0.4, -0.2) is 21.5 Å². The molecule has 0 fully saturated rings. The fourth-order valence-electron chi connectivity index (χ4n) is 2.03. The zero-order valence-corrected chi connectivity index (χ0v) is 11.8. The molecule has 0 bridgehead atoms. The Bertz CT molecular complexity index is 487. The largest absolute Gasteiger partial charge is 0.311 e. The summed E-state index contributed by atoms with van der Waals surface area (Å²) in [5.74, 6) is 0. The molecule has 0 saturated carbocycles. The topological polar surface area (TPSA) is 42.7 Å². The maximum atomic E-state index is 4.16. The summed E-state index contributed by atoms with van der Waals surface area (Å²) in [6.45, 7) is 6.05. The van der Waals surface area contributed by atoms with E-state index in [1.54, 1.807) is 0 Å². The second kappa shape index (κ2) is 7.04. The first-order chi connectivity index (χ1) is 9.35. The van der Waals surface area contributed by atoms with E-state index in [9.17, 15) is 0 Å². The average Bonchev–Trinajstić information content (AvgIpc) is 2.92. The Kier molecular flexibility index (Phi) is 5.10. The maximum absolute atomic E-state index is 4.16. The van der Waals surface area contributed by atoms with Crippen LogP contribution in [0.2, 0.25) is 0 Å². The van der Waals surface area contributed by atoms with E-state index in [4.69, 9.17) is 0 Å². The predicted molar refractivity (Wildman–Crippen MR) is 77.4 cm³/mol. The Hall–Kier alpha value is -1.68. The van der Waals surface area contributed by atoms with Crippen LogP contribution < -0.4 is 5.32 Å². The van der Waals surface area contributed by atoms with Crippen LogP contribution in [0.1, 0.15) is 37.9 Å². The second-order valence-corrected chi connectivity index (χ2v) is 4.69. The highest BCUT2D eigenvalue weighted by atomic mass is 15.4. The number of aryl methyl sites for hydroxylation is 1. The highest BCUT2D eigenvalue weighted by Gasteiger charge is 2.05. The third kappa shape index (κ3) is 3.64. The van der Waals surface area contributed by atoms with Gasteiger partial charge in [0.15, 0.2) is 0 Å². The summed E-state index contributed by atoms with van der Waals surface area (Å²) in [4.78, 5) is 0. The summed E-state index contributed by atoms with van der Waals surface area (Å²) in [7, 11) is 0. The van der Waals surface area contributed by atoms with Crippen LogP contribution in [0, 0.1) is 0 Å². The summed E-state index contributed by atoms with van der Waals surface area (Å²) >= 11 is 0.